The molecule has 3 aliphatic rings. The van der Waals surface area contributed by atoms with Gasteiger partial charge in [-0.2, -0.15) is 26.3 Å². The molecule has 2 aromatic rings. The molecule has 0 aromatic heterocycles. The normalized spacial score (nSPS) is 21.9. The maximum absolute atomic E-state index is 13.4. The molecule has 3 fully saturated rings. The quantitative estimate of drug-likeness (QED) is 0.393. The van der Waals surface area contributed by atoms with E-state index >= 15 is 0 Å². The standard InChI is InChI=1S/C31H36F6N4O3/c1-38-14-16-39(17-15-38)10-5-11-41-21-26(22-6-3-2-4-7-22)29(44-28(41)43)8-12-40(13-9-29)27(42)23-18-24(30(32,33)34)20-25(19-23)31(35,36)37/h2-4,6-7,18-20,26H,5,8-17,21H2,1H3. The first-order valence-corrected chi connectivity index (χ1v) is 14.8. The molecule has 240 valence electrons. The van der Waals surface area contributed by atoms with E-state index in [1.807, 2.05) is 30.3 Å². The summed E-state index contributed by atoms with van der Waals surface area (Å²) in [6.07, 6.45) is -9.39. The molecule has 13 heteroatoms. The van der Waals surface area contributed by atoms with E-state index in [0.717, 1.165) is 44.7 Å². The fourth-order valence-corrected chi connectivity index (χ4v) is 6.40. The van der Waals surface area contributed by atoms with Crippen LogP contribution in [0.25, 0.3) is 0 Å². The Hall–Kier alpha value is -3.32. The van der Waals surface area contributed by atoms with Crippen LogP contribution in [0, 0.1) is 0 Å². The number of piperazine rings is 1. The lowest BCUT2D eigenvalue weighted by Gasteiger charge is -2.50. The summed E-state index contributed by atoms with van der Waals surface area (Å²) in [4.78, 5) is 34.1. The van der Waals surface area contributed by atoms with E-state index in [1.165, 1.54) is 4.90 Å². The molecule has 3 aliphatic heterocycles. The van der Waals surface area contributed by atoms with Gasteiger partial charge < -0.3 is 24.3 Å². The van der Waals surface area contributed by atoms with Crippen molar-refractivity contribution in [2.75, 3.05) is 66.0 Å². The molecule has 1 unspecified atom stereocenters. The minimum atomic E-state index is -5.06. The fraction of sp³-hybridized carbons (Fsp3) is 0.548. The number of amides is 2. The van der Waals surface area contributed by atoms with Gasteiger partial charge in [0.15, 0.2) is 0 Å². The number of nitrogens with zero attached hydrogens (tertiary/aromatic N) is 4. The predicted octanol–water partition coefficient (Wildman–Crippen LogP) is 5.57. The molecular formula is C31H36F6N4O3. The topological polar surface area (TPSA) is 56.3 Å². The zero-order valence-electron chi connectivity index (χ0n) is 24.5. The van der Waals surface area contributed by atoms with E-state index in [-0.39, 0.29) is 37.9 Å². The van der Waals surface area contributed by atoms with Gasteiger partial charge in [-0.3, -0.25) is 4.79 Å². The molecule has 44 heavy (non-hydrogen) atoms. The SMILES string of the molecule is CN1CCN(CCCN2CC(c3ccccc3)C3(CCN(C(=O)c4cc(C(F)(F)F)cc(C(F)(F)F)c4)CC3)OC2=O)CC1. The molecule has 2 aromatic carbocycles. The van der Waals surface area contributed by atoms with Crippen molar-refractivity contribution in [3.05, 3.63) is 70.8 Å². The number of benzene rings is 2. The van der Waals surface area contributed by atoms with E-state index in [1.54, 1.807) is 4.90 Å². The van der Waals surface area contributed by atoms with Crippen molar-refractivity contribution in [1.29, 1.82) is 0 Å². The van der Waals surface area contributed by atoms with Crippen LogP contribution >= 0.6 is 0 Å². The summed E-state index contributed by atoms with van der Waals surface area (Å²) in [7, 11) is 2.09. The van der Waals surface area contributed by atoms with E-state index in [0.29, 0.717) is 25.2 Å². The Balaban J connectivity index is 1.30. The van der Waals surface area contributed by atoms with E-state index < -0.39 is 46.6 Å². The number of likely N-dealkylation sites (N-methyl/N-ethyl adjacent to an activating group) is 1. The highest BCUT2D eigenvalue weighted by atomic mass is 19.4. The van der Waals surface area contributed by atoms with E-state index in [4.69, 9.17) is 4.74 Å². The summed E-state index contributed by atoms with van der Waals surface area (Å²) in [5.41, 5.74) is -3.77. The van der Waals surface area contributed by atoms with Gasteiger partial charge in [-0.25, -0.2) is 4.79 Å². The Morgan fingerprint density at radius 2 is 1.45 bits per heavy atom. The summed E-state index contributed by atoms with van der Waals surface area (Å²) < 4.78 is 86.5. The third-order valence-corrected chi connectivity index (χ3v) is 9.02. The van der Waals surface area contributed by atoms with Crippen LogP contribution in [0.1, 0.15) is 52.2 Å². The Morgan fingerprint density at radius 1 is 0.864 bits per heavy atom. The largest absolute Gasteiger partial charge is 0.442 e. The van der Waals surface area contributed by atoms with Crippen LogP contribution < -0.4 is 0 Å². The first-order valence-electron chi connectivity index (χ1n) is 14.8. The van der Waals surface area contributed by atoms with Crippen molar-refractivity contribution in [3.8, 4) is 0 Å². The summed E-state index contributed by atoms with van der Waals surface area (Å²) in [5, 5.41) is 0. The third-order valence-electron chi connectivity index (χ3n) is 9.02. The van der Waals surface area contributed by atoms with Crippen molar-refractivity contribution >= 4 is 12.0 Å². The number of likely N-dealkylation sites (tertiary alicyclic amines) is 1. The third kappa shape index (κ3) is 7.14. The van der Waals surface area contributed by atoms with Crippen molar-refractivity contribution in [2.24, 2.45) is 0 Å². The van der Waals surface area contributed by atoms with Crippen molar-refractivity contribution < 1.29 is 40.7 Å². The molecule has 0 saturated carbocycles. The van der Waals surface area contributed by atoms with Gasteiger partial charge in [-0.05, 0) is 43.8 Å². The molecule has 0 radical (unpaired) electrons. The van der Waals surface area contributed by atoms with Crippen LogP contribution in [0.4, 0.5) is 31.1 Å². The van der Waals surface area contributed by atoms with Gasteiger partial charge in [0.2, 0.25) is 0 Å². The van der Waals surface area contributed by atoms with Crippen LogP contribution in [0.15, 0.2) is 48.5 Å². The summed E-state index contributed by atoms with van der Waals surface area (Å²) in [6.45, 7) is 5.76. The van der Waals surface area contributed by atoms with Crippen molar-refractivity contribution in [2.45, 2.75) is 43.1 Å². The summed E-state index contributed by atoms with van der Waals surface area (Å²) in [5.74, 6) is -1.16. The second-order valence-electron chi connectivity index (χ2n) is 11.9. The molecule has 0 bridgehead atoms. The molecule has 1 spiro atoms. The van der Waals surface area contributed by atoms with Crippen molar-refractivity contribution in [1.82, 2.24) is 19.6 Å². The summed E-state index contributed by atoms with van der Waals surface area (Å²) >= 11 is 0. The second-order valence-corrected chi connectivity index (χ2v) is 11.9. The maximum Gasteiger partial charge on any atom is 0.416 e. The Morgan fingerprint density at radius 3 is 2.02 bits per heavy atom. The molecule has 3 heterocycles. The Labute approximate surface area is 252 Å². The lowest BCUT2D eigenvalue weighted by atomic mass is 9.74. The number of piperidine rings is 1. The maximum atomic E-state index is 13.4. The average molecular weight is 627 g/mol. The Kier molecular flexibility index (Phi) is 9.18. The first-order chi connectivity index (χ1) is 20.7. The molecule has 0 aliphatic carbocycles. The highest BCUT2D eigenvalue weighted by Gasteiger charge is 2.51. The Bertz CT molecular complexity index is 1290. The minimum Gasteiger partial charge on any atom is -0.442 e. The number of carbonyl (C=O) groups is 2. The fourth-order valence-electron chi connectivity index (χ4n) is 6.40. The minimum absolute atomic E-state index is 0.00477. The van der Waals surface area contributed by atoms with Crippen LogP contribution in [0.5, 0.6) is 0 Å². The highest BCUT2D eigenvalue weighted by Crippen LogP contribution is 2.44. The molecule has 2 amide bonds. The van der Waals surface area contributed by atoms with Crippen LogP contribution in [-0.4, -0.2) is 103 Å². The average Bonchev–Trinajstić information content (AvgIpc) is 2.98. The van der Waals surface area contributed by atoms with Gasteiger partial charge in [0.1, 0.15) is 5.60 Å². The first kappa shape index (κ1) is 32.1. The lowest BCUT2D eigenvalue weighted by Crippen LogP contribution is -2.59. The zero-order chi connectivity index (χ0) is 31.7. The number of ether oxygens (including phenoxy) is 1. The molecule has 1 atom stereocenters. The number of alkyl halides is 6. The summed E-state index contributed by atoms with van der Waals surface area (Å²) in [6, 6.07) is 10.5. The van der Waals surface area contributed by atoms with Gasteiger partial charge in [-0.1, -0.05) is 30.3 Å². The van der Waals surface area contributed by atoms with Crippen LogP contribution in [0.2, 0.25) is 0 Å². The van der Waals surface area contributed by atoms with Gasteiger partial charge in [0, 0.05) is 76.7 Å². The highest BCUT2D eigenvalue weighted by molar-refractivity contribution is 5.94. The smallest absolute Gasteiger partial charge is 0.416 e. The lowest BCUT2D eigenvalue weighted by molar-refractivity contribution is -0.143. The van der Waals surface area contributed by atoms with Crippen LogP contribution in [-0.2, 0) is 17.1 Å². The van der Waals surface area contributed by atoms with Gasteiger partial charge >= 0.3 is 18.4 Å². The van der Waals surface area contributed by atoms with Gasteiger partial charge in [-0.15, -0.1) is 0 Å². The van der Waals surface area contributed by atoms with Gasteiger partial charge in [0.25, 0.3) is 5.91 Å². The number of carbonyl (C=O) groups excluding carboxylic acids is 2. The molecule has 3 saturated heterocycles. The van der Waals surface area contributed by atoms with Crippen molar-refractivity contribution in [3.63, 3.8) is 0 Å². The number of rotatable bonds is 6. The number of halogens is 6. The monoisotopic (exact) mass is 626 g/mol. The zero-order valence-corrected chi connectivity index (χ0v) is 24.5. The van der Waals surface area contributed by atoms with E-state index in [2.05, 4.69) is 16.8 Å². The second kappa shape index (κ2) is 12.6. The molecule has 5 rings (SSSR count). The number of hydrogen-bond acceptors (Lipinski definition) is 5. The van der Waals surface area contributed by atoms with Crippen LogP contribution in [0.3, 0.4) is 0 Å². The molecule has 0 N–H and O–H groups in total. The predicted molar refractivity (Wildman–Crippen MR) is 150 cm³/mol. The van der Waals surface area contributed by atoms with E-state index in [9.17, 15) is 35.9 Å². The molecular weight excluding hydrogens is 590 g/mol. The molecule has 7 nitrogen and oxygen atoms in total. The number of hydrogen-bond donors (Lipinski definition) is 0. The van der Waals surface area contributed by atoms with Gasteiger partial charge in [0.05, 0.1) is 11.1 Å².